The van der Waals surface area contributed by atoms with Crippen LogP contribution in [-0.2, 0) is 4.79 Å². The number of rotatable bonds is 8. The zero-order valence-electron chi connectivity index (χ0n) is 18.7. The van der Waals surface area contributed by atoms with Crippen molar-refractivity contribution in [2.45, 2.75) is 45.4 Å². The lowest BCUT2D eigenvalue weighted by molar-refractivity contribution is -0.124. The number of carbonyl (C=O) groups excluding carboxylic acids is 2. The van der Waals surface area contributed by atoms with E-state index in [1.807, 2.05) is 34.0 Å². The molecule has 2 aromatic rings. The lowest BCUT2D eigenvalue weighted by atomic mass is 9.77. The highest BCUT2D eigenvalue weighted by Gasteiger charge is 2.29. The average molecular weight is 430 g/mol. The van der Waals surface area contributed by atoms with Gasteiger partial charge >= 0.3 is 0 Å². The molecule has 30 heavy (non-hydrogen) atoms. The highest BCUT2D eigenvalue weighted by Crippen LogP contribution is 2.43. The van der Waals surface area contributed by atoms with E-state index in [1.54, 1.807) is 11.3 Å². The third-order valence-corrected chi connectivity index (χ3v) is 7.21. The van der Waals surface area contributed by atoms with Gasteiger partial charge in [-0.3, -0.25) is 9.59 Å². The van der Waals surface area contributed by atoms with E-state index in [1.165, 1.54) is 15.6 Å². The Balaban J connectivity index is 1.71. The summed E-state index contributed by atoms with van der Waals surface area (Å²) in [6.07, 6.45) is 4.33. The van der Waals surface area contributed by atoms with Crippen LogP contribution >= 0.6 is 11.3 Å². The number of fused-ring (bicyclic) bond motifs is 1. The highest BCUT2D eigenvalue weighted by molar-refractivity contribution is 7.21. The molecule has 0 aliphatic heterocycles. The average Bonchev–Trinajstić information content (AvgIpc) is 3.11. The van der Waals surface area contributed by atoms with E-state index in [9.17, 15) is 9.59 Å². The molecule has 5 nitrogen and oxygen atoms in total. The van der Waals surface area contributed by atoms with Crippen LogP contribution in [0.4, 0.5) is 0 Å². The monoisotopic (exact) mass is 429 g/mol. The Morgan fingerprint density at radius 3 is 2.47 bits per heavy atom. The van der Waals surface area contributed by atoms with Crippen LogP contribution in [0.3, 0.4) is 0 Å². The SMILES string of the molecule is CC(C)C(=O)NCC1CCC(c2c(C(=O)NCCN(C)C)sc3ccccc23)CC1. The summed E-state index contributed by atoms with van der Waals surface area (Å²) in [4.78, 5) is 27.8. The molecule has 0 saturated heterocycles. The maximum Gasteiger partial charge on any atom is 0.261 e. The first-order chi connectivity index (χ1) is 14.4. The summed E-state index contributed by atoms with van der Waals surface area (Å²) in [6, 6.07) is 8.39. The molecule has 0 spiro atoms. The van der Waals surface area contributed by atoms with Gasteiger partial charge in [-0.2, -0.15) is 0 Å². The van der Waals surface area contributed by atoms with Crippen LogP contribution in [-0.4, -0.2) is 50.4 Å². The minimum absolute atomic E-state index is 0.0343. The zero-order valence-corrected chi connectivity index (χ0v) is 19.5. The lowest BCUT2D eigenvalue weighted by Crippen LogP contribution is -2.34. The second-order valence-corrected chi connectivity index (χ2v) is 10.1. The molecule has 3 rings (SSSR count). The molecule has 1 heterocycles. The van der Waals surface area contributed by atoms with Crippen LogP contribution in [0.25, 0.3) is 10.1 Å². The first kappa shape index (κ1) is 22.8. The van der Waals surface area contributed by atoms with Crippen LogP contribution in [0.15, 0.2) is 24.3 Å². The molecule has 1 saturated carbocycles. The number of nitrogens with zero attached hydrogens (tertiary/aromatic N) is 1. The summed E-state index contributed by atoms with van der Waals surface area (Å²) in [7, 11) is 4.03. The Bertz CT molecular complexity index is 866. The van der Waals surface area contributed by atoms with Crippen molar-refractivity contribution in [2.24, 2.45) is 11.8 Å². The summed E-state index contributed by atoms with van der Waals surface area (Å²) in [6.45, 7) is 6.12. The molecule has 1 aromatic carbocycles. The van der Waals surface area contributed by atoms with Gasteiger partial charge < -0.3 is 15.5 Å². The summed E-state index contributed by atoms with van der Waals surface area (Å²) < 4.78 is 1.19. The first-order valence-electron chi connectivity index (χ1n) is 11.1. The topological polar surface area (TPSA) is 61.4 Å². The van der Waals surface area contributed by atoms with Gasteiger partial charge in [0.1, 0.15) is 0 Å². The number of hydrogen-bond donors (Lipinski definition) is 2. The molecule has 1 aliphatic rings. The summed E-state index contributed by atoms with van der Waals surface area (Å²) in [5, 5.41) is 7.43. The van der Waals surface area contributed by atoms with Gasteiger partial charge in [0.2, 0.25) is 5.91 Å². The van der Waals surface area contributed by atoms with E-state index in [0.717, 1.165) is 43.6 Å². The predicted octanol–water partition coefficient (Wildman–Crippen LogP) is 4.24. The van der Waals surface area contributed by atoms with Crippen LogP contribution < -0.4 is 10.6 Å². The Morgan fingerprint density at radius 2 is 1.80 bits per heavy atom. The van der Waals surface area contributed by atoms with E-state index in [-0.39, 0.29) is 17.7 Å². The molecule has 2 N–H and O–H groups in total. The molecule has 0 atom stereocenters. The number of likely N-dealkylation sites (N-methyl/N-ethyl adjacent to an activating group) is 1. The molecule has 1 aromatic heterocycles. The van der Waals surface area contributed by atoms with Crippen LogP contribution in [0.1, 0.15) is 60.7 Å². The lowest BCUT2D eigenvalue weighted by Gasteiger charge is -2.29. The van der Waals surface area contributed by atoms with Gasteiger partial charge in [-0.05, 0) is 68.6 Å². The number of amides is 2. The fourth-order valence-corrected chi connectivity index (χ4v) is 5.42. The third kappa shape index (κ3) is 5.61. The van der Waals surface area contributed by atoms with E-state index in [2.05, 4.69) is 33.7 Å². The van der Waals surface area contributed by atoms with Gasteiger partial charge in [0.05, 0.1) is 4.88 Å². The fourth-order valence-electron chi connectivity index (χ4n) is 4.22. The smallest absolute Gasteiger partial charge is 0.261 e. The number of benzene rings is 1. The Labute approximate surface area is 184 Å². The predicted molar refractivity (Wildman–Crippen MR) is 125 cm³/mol. The second kappa shape index (κ2) is 10.4. The number of nitrogens with one attached hydrogen (secondary N) is 2. The van der Waals surface area contributed by atoms with Crippen molar-refractivity contribution in [3.05, 3.63) is 34.7 Å². The number of carbonyl (C=O) groups is 2. The van der Waals surface area contributed by atoms with Crippen molar-refractivity contribution >= 4 is 33.2 Å². The Kier molecular flexibility index (Phi) is 7.89. The largest absolute Gasteiger partial charge is 0.356 e. The van der Waals surface area contributed by atoms with Crippen molar-refractivity contribution in [1.29, 1.82) is 0 Å². The van der Waals surface area contributed by atoms with Gasteiger partial charge in [-0.1, -0.05) is 32.0 Å². The molecule has 1 aliphatic carbocycles. The molecule has 2 amide bonds. The number of hydrogen-bond acceptors (Lipinski definition) is 4. The zero-order chi connectivity index (χ0) is 21.7. The maximum atomic E-state index is 13.0. The fraction of sp³-hybridized carbons (Fsp3) is 0.583. The van der Waals surface area contributed by atoms with Crippen molar-refractivity contribution in [2.75, 3.05) is 33.7 Å². The van der Waals surface area contributed by atoms with Crippen molar-refractivity contribution in [1.82, 2.24) is 15.5 Å². The molecule has 0 bridgehead atoms. The summed E-state index contributed by atoms with van der Waals surface area (Å²) in [5.74, 6) is 1.17. The van der Waals surface area contributed by atoms with Crippen molar-refractivity contribution < 1.29 is 9.59 Å². The molecule has 6 heteroatoms. The molecular weight excluding hydrogens is 394 g/mol. The van der Waals surface area contributed by atoms with Gasteiger partial charge in [0.25, 0.3) is 5.91 Å². The maximum absolute atomic E-state index is 13.0. The molecule has 0 unspecified atom stereocenters. The van der Waals surface area contributed by atoms with Crippen LogP contribution in [0.2, 0.25) is 0 Å². The van der Waals surface area contributed by atoms with E-state index < -0.39 is 0 Å². The molecule has 0 radical (unpaired) electrons. The van der Waals surface area contributed by atoms with Gasteiger partial charge in [-0.15, -0.1) is 11.3 Å². The first-order valence-corrected chi connectivity index (χ1v) is 11.9. The number of thiophene rings is 1. The molecule has 1 fully saturated rings. The standard InChI is InChI=1S/C24H35N3O2S/c1-16(2)23(28)26-15-17-9-11-18(12-10-17)21-19-7-5-6-8-20(19)30-22(21)24(29)25-13-14-27(3)4/h5-8,16-18H,9-15H2,1-4H3,(H,25,29)(H,26,28). The van der Waals surface area contributed by atoms with Gasteiger partial charge in [-0.25, -0.2) is 0 Å². The molecular formula is C24H35N3O2S. The van der Waals surface area contributed by atoms with Crippen molar-refractivity contribution in [3.8, 4) is 0 Å². The minimum Gasteiger partial charge on any atom is -0.356 e. The van der Waals surface area contributed by atoms with Crippen molar-refractivity contribution in [3.63, 3.8) is 0 Å². The summed E-state index contributed by atoms with van der Waals surface area (Å²) in [5.41, 5.74) is 1.24. The highest BCUT2D eigenvalue weighted by atomic mass is 32.1. The minimum atomic E-state index is 0.0343. The van der Waals surface area contributed by atoms with Crippen LogP contribution in [0.5, 0.6) is 0 Å². The summed E-state index contributed by atoms with van der Waals surface area (Å²) >= 11 is 1.62. The van der Waals surface area contributed by atoms with E-state index in [4.69, 9.17) is 0 Å². The normalized spacial score (nSPS) is 19.4. The molecule has 164 valence electrons. The van der Waals surface area contributed by atoms with Gasteiger partial charge in [0.15, 0.2) is 0 Å². The van der Waals surface area contributed by atoms with Crippen LogP contribution in [0, 0.1) is 11.8 Å². The Morgan fingerprint density at radius 1 is 1.10 bits per heavy atom. The van der Waals surface area contributed by atoms with E-state index in [0.29, 0.717) is 18.4 Å². The third-order valence-electron chi connectivity index (χ3n) is 6.03. The second-order valence-electron chi connectivity index (χ2n) is 9.02. The Hall–Kier alpha value is -1.92. The van der Waals surface area contributed by atoms with Gasteiger partial charge in [0, 0.05) is 30.3 Å². The van der Waals surface area contributed by atoms with E-state index >= 15 is 0 Å². The quantitative estimate of drug-likeness (QED) is 0.660.